The number of hydrogen-bond donors (Lipinski definition) is 3. The second kappa shape index (κ2) is 11.6. The van der Waals surface area contributed by atoms with Crippen molar-refractivity contribution in [2.75, 3.05) is 20.1 Å². The van der Waals surface area contributed by atoms with Crippen LogP contribution in [0, 0.1) is 0 Å². The van der Waals surface area contributed by atoms with Crippen molar-refractivity contribution in [3.8, 4) is 0 Å². The van der Waals surface area contributed by atoms with Crippen LogP contribution in [0.2, 0.25) is 0 Å². The van der Waals surface area contributed by atoms with Gasteiger partial charge in [-0.15, -0.1) is 35.3 Å². The smallest absolute Gasteiger partial charge is 0.240 e. The Hall–Kier alpha value is -1.17. The van der Waals surface area contributed by atoms with Crippen LogP contribution < -0.4 is 15.4 Å². The zero-order chi connectivity index (χ0) is 19.0. The number of aliphatic imine (C=N–C) groups is 1. The zero-order valence-corrected chi connectivity index (χ0v) is 19.7. The number of hydrogen-bond acceptors (Lipinski definition) is 4. The molecule has 0 radical (unpaired) electrons. The standard InChI is InChI=1S/C18H26N4O2S2.HI/c1-4-20-18(21-12-14(2)17-9-6-10-25-17)22-13-15-7-5-8-16(11-15)26(23,24)19-3;/h5-11,14,19H,4,12-13H2,1-3H3,(H2,20,21,22);1H. The van der Waals surface area contributed by atoms with Crippen LogP contribution in [0.4, 0.5) is 0 Å². The molecular weight excluding hydrogens is 495 g/mol. The molecule has 1 unspecified atom stereocenters. The molecule has 0 fully saturated rings. The normalized spacial score (nSPS) is 12.9. The maximum absolute atomic E-state index is 11.9. The van der Waals surface area contributed by atoms with Gasteiger partial charge in [0.2, 0.25) is 10.0 Å². The number of sulfonamides is 1. The number of rotatable bonds is 8. The summed E-state index contributed by atoms with van der Waals surface area (Å²) in [7, 11) is -2.04. The van der Waals surface area contributed by atoms with E-state index in [9.17, 15) is 8.42 Å². The minimum atomic E-state index is -3.44. The Morgan fingerprint density at radius 1 is 1.22 bits per heavy atom. The van der Waals surface area contributed by atoms with Gasteiger partial charge >= 0.3 is 0 Å². The predicted octanol–water partition coefficient (Wildman–Crippen LogP) is 3.13. The van der Waals surface area contributed by atoms with Gasteiger partial charge in [-0.1, -0.05) is 25.1 Å². The summed E-state index contributed by atoms with van der Waals surface area (Å²) in [5.74, 6) is 1.11. The van der Waals surface area contributed by atoms with Crippen molar-refractivity contribution < 1.29 is 8.42 Å². The van der Waals surface area contributed by atoms with Gasteiger partial charge in [0.05, 0.1) is 11.4 Å². The molecule has 0 saturated carbocycles. The fourth-order valence-electron chi connectivity index (χ4n) is 2.36. The molecule has 0 aliphatic heterocycles. The Morgan fingerprint density at radius 2 is 2.00 bits per heavy atom. The van der Waals surface area contributed by atoms with Crippen LogP contribution in [-0.2, 0) is 16.6 Å². The Labute approximate surface area is 182 Å². The number of thiophene rings is 1. The third-order valence-corrected chi connectivity index (χ3v) is 6.36. The molecule has 150 valence electrons. The van der Waals surface area contributed by atoms with Gasteiger partial charge in [0.1, 0.15) is 0 Å². The molecule has 0 aliphatic carbocycles. The molecule has 2 rings (SSSR count). The average Bonchev–Trinajstić information content (AvgIpc) is 3.19. The van der Waals surface area contributed by atoms with E-state index >= 15 is 0 Å². The Balaban J connectivity index is 0.00000364. The van der Waals surface area contributed by atoms with Gasteiger partial charge in [0, 0.05) is 23.9 Å². The number of guanidine groups is 1. The van der Waals surface area contributed by atoms with Crippen molar-refractivity contribution in [2.24, 2.45) is 4.99 Å². The first-order chi connectivity index (χ1) is 12.5. The van der Waals surface area contributed by atoms with E-state index in [2.05, 4.69) is 44.8 Å². The lowest BCUT2D eigenvalue weighted by Gasteiger charge is -2.15. The fraction of sp³-hybridized carbons (Fsp3) is 0.389. The van der Waals surface area contributed by atoms with Gasteiger partial charge in [0.15, 0.2) is 5.96 Å². The molecule has 0 amide bonds. The van der Waals surface area contributed by atoms with E-state index in [1.54, 1.807) is 29.5 Å². The number of benzene rings is 1. The highest BCUT2D eigenvalue weighted by atomic mass is 127. The zero-order valence-electron chi connectivity index (χ0n) is 15.7. The van der Waals surface area contributed by atoms with Crippen LogP contribution in [0.5, 0.6) is 0 Å². The summed E-state index contributed by atoms with van der Waals surface area (Å²) in [6.07, 6.45) is 0. The van der Waals surface area contributed by atoms with Crippen molar-refractivity contribution in [3.05, 3.63) is 52.2 Å². The van der Waals surface area contributed by atoms with Crippen LogP contribution in [-0.4, -0.2) is 34.5 Å². The third-order valence-electron chi connectivity index (χ3n) is 3.85. The van der Waals surface area contributed by atoms with Gasteiger partial charge in [-0.3, -0.25) is 0 Å². The minimum Gasteiger partial charge on any atom is -0.357 e. The molecule has 1 atom stereocenters. The summed E-state index contributed by atoms with van der Waals surface area (Å²) in [5.41, 5.74) is 0.838. The summed E-state index contributed by atoms with van der Waals surface area (Å²) in [6, 6.07) is 11.0. The summed E-state index contributed by atoms with van der Waals surface area (Å²) in [5, 5.41) is 8.65. The van der Waals surface area contributed by atoms with E-state index in [-0.39, 0.29) is 28.9 Å². The summed E-state index contributed by atoms with van der Waals surface area (Å²) in [6.45, 7) is 6.12. The maximum Gasteiger partial charge on any atom is 0.240 e. The second-order valence-corrected chi connectivity index (χ2v) is 8.71. The highest BCUT2D eigenvalue weighted by Crippen LogP contribution is 2.19. The first-order valence-electron chi connectivity index (χ1n) is 8.54. The first-order valence-corrected chi connectivity index (χ1v) is 10.9. The Bertz CT molecular complexity index is 824. The van der Waals surface area contributed by atoms with Gasteiger partial charge in [-0.25, -0.2) is 18.1 Å². The van der Waals surface area contributed by atoms with Crippen LogP contribution >= 0.6 is 35.3 Å². The van der Waals surface area contributed by atoms with Crippen molar-refractivity contribution in [2.45, 2.75) is 31.2 Å². The Morgan fingerprint density at radius 3 is 2.63 bits per heavy atom. The summed E-state index contributed by atoms with van der Waals surface area (Å²) >= 11 is 1.75. The van der Waals surface area contributed by atoms with E-state index in [4.69, 9.17) is 0 Å². The molecule has 0 bridgehead atoms. The lowest BCUT2D eigenvalue weighted by Crippen LogP contribution is -2.39. The van der Waals surface area contributed by atoms with E-state index < -0.39 is 10.0 Å². The van der Waals surface area contributed by atoms with E-state index in [0.29, 0.717) is 12.5 Å². The molecular formula is C18H27IN4O2S2. The van der Waals surface area contributed by atoms with Crippen LogP contribution in [0.25, 0.3) is 0 Å². The third kappa shape index (κ3) is 7.40. The highest BCUT2D eigenvalue weighted by Gasteiger charge is 2.11. The summed E-state index contributed by atoms with van der Waals surface area (Å²) < 4.78 is 26.2. The van der Waals surface area contributed by atoms with Gasteiger partial charge in [-0.2, -0.15) is 0 Å². The minimum absolute atomic E-state index is 0. The lowest BCUT2D eigenvalue weighted by atomic mass is 10.1. The lowest BCUT2D eigenvalue weighted by molar-refractivity contribution is 0.588. The number of nitrogens with one attached hydrogen (secondary N) is 3. The number of halogens is 1. The molecule has 0 aliphatic rings. The van der Waals surface area contributed by atoms with E-state index in [1.165, 1.54) is 11.9 Å². The molecule has 27 heavy (non-hydrogen) atoms. The molecule has 0 saturated heterocycles. The van der Waals surface area contributed by atoms with Gasteiger partial charge in [-0.05, 0) is 43.1 Å². The highest BCUT2D eigenvalue weighted by molar-refractivity contribution is 14.0. The van der Waals surface area contributed by atoms with Crippen molar-refractivity contribution in [1.29, 1.82) is 0 Å². The van der Waals surface area contributed by atoms with E-state index in [1.807, 2.05) is 13.0 Å². The fourth-order valence-corrected chi connectivity index (χ4v) is 3.95. The monoisotopic (exact) mass is 522 g/mol. The van der Waals surface area contributed by atoms with Gasteiger partial charge in [0.25, 0.3) is 0 Å². The van der Waals surface area contributed by atoms with Crippen molar-refractivity contribution in [3.63, 3.8) is 0 Å². The SMILES string of the molecule is CCNC(=NCc1cccc(S(=O)(=O)NC)c1)NCC(C)c1cccs1.I. The average molecular weight is 522 g/mol. The molecule has 6 nitrogen and oxygen atoms in total. The molecule has 9 heteroatoms. The molecule has 3 N–H and O–H groups in total. The molecule has 2 aromatic rings. The molecule has 1 aromatic heterocycles. The predicted molar refractivity (Wildman–Crippen MR) is 124 cm³/mol. The topological polar surface area (TPSA) is 82.6 Å². The van der Waals surface area contributed by atoms with Crippen LogP contribution in [0.1, 0.15) is 30.2 Å². The second-order valence-electron chi connectivity index (χ2n) is 5.85. The van der Waals surface area contributed by atoms with Crippen molar-refractivity contribution >= 4 is 51.3 Å². The van der Waals surface area contributed by atoms with Crippen LogP contribution in [0.3, 0.4) is 0 Å². The van der Waals surface area contributed by atoms with Crippen LogP contribution in [0.15, 0.2) is 51.7 Å². The van der Waals surface area contributed by atoms with Gasteiger partial charge < -0.3 is 10.6 Å². The first kappa shape index (κ1) is 23.9. The summed E-state index contributed by atoms with van der Waals surface area (Å²) in [4.78, 5) is 6.15. The molecule has 0 spiro atoms. The molecule has 1 heterocycles. The van der Waals surface area contributed by atoms with Crippen molar-refractivity contribution in [1.82, 2.24) is 15.4 Å². The number of nitrogens with zero attached hydrogens (tertiary/aromatic N) is 1. The Kier molecular flexibility index (Phi) is 10.3. The molecule has 1 aromatic carbocycles. The maximum atomic E-state index is 11.9. The van der Waals surface area contributed by atoms with E-state index in [0.717, 1.165) is 24.6 Å². The largest absolute Gasteiger partial charge is 0.357 e. The quantitative estimate of drug-likeness (QED) is 0.283.